The molecule has 0 aliphatic rings. The molecule has 0 spiro atoms. The van der Waals surface area contributed by atoms with Crippen LogP contribution >= 0.6 is 23.2 Å². The van der Waals surface area contributed by atoms with Crippen molar-refractivity contribution in [2.75, 3.05) is 0 Å². The zero-order valence-electron chi connectivity index (χ0n) is 9.58. The van der Waals surface area contributed by atoms with Gasteiger partial charge in [0.05, 0.1) is 10.6 Å². The molecule has 0 aromatic heterocycles. The van der Waals surface area contributed by atoms with Crippen molar-refractivity contribution in [2.24, 2.45) is 5.73 Å². The van der Waals surface area contributed by atoms with Crippen LogP contribution in [0.1, 0.15) is 5.56 Å². The number of hydrogen-bond donors (Lipinski definition) is 2. The summed E-state index contributed by atoms with van der Waals surface area (Å²) in [5, 5.41) is 7.86. The van der Waals surface area contributed by atoms with Gasteiger partial charge in [-0.1, -0.05) is 23.2 Å². The first-order chi connectivity index (χ1) is 8.97. The Kier molecular flexibility index (Phi) is 3.93. The van der Waals surface area contributed by atoms with E-state index in [9.17, 15) is 4.39 Å². The van der Waals surface area contributed by atoms with Gasteiger partial charge in [-0.2, -0.15) is 0 Å². The first kappa shape index (κ1) is 13.6. The van der Waals surface area contributed by atoms with Crippen LogP contribution in [0.15, 0.2) is 36.4 Å². The highest BCUT2D eigenvalue weighted by Crippen LogP contribution is 2.29. The van der Waals surface area contributed by atoms with Crippen molar-refractivity contribution in [3.8, 4) is 11.5 Å². The molecule has 6 heteroatoms. The lowest BCUT2D eigenvalue weighted by molar-refractivity contribution is 0.479. The average molecular weight is 299 g/mol. The fourth-order valence-electron chi connectivity index (χ4n) is 1.47. The van der Waals surface area contributed by atoms with Gasteiger partial charge in [0.15, 0.2) is 0 Å². The van der Waals surface area contributed by atoms with Crippen LogP contribution in [0, 0.1) is 11.2 Å². The Morgan fingerprint density at radius 2 is 1.89 bits per heavy atom. The van der Waals surface area contributed by atoms with Gasteiger partial charge in [0.2, 0.25) is 0 Å². The summed E-state index contributed by atoms with van der Waals surface area (Å²) in [6, 6.07) is 8.67. The predicted molar refractivity (Wildman–Crippen MR) is 74.0 cm³/mol. The van der Waals surface area contributed by atoms with Gasteiger partial charge < -0.3 is 10.5 Å². The summed E-state index contributed by atoms with van der Waals surface area (Å²) in [6.07, 6.45) is 0. The Morgan fingerprint density at radius 1 is 1.16 bits per heavy atom. The summed E-state index contributed by atoms with van der Waals surface area (Å²) in [6.45, 7) is 0. The van der Waals surface area contributed by atoms with Gasteiger partial charge in [0, 0.05) is 11.1 Å². The third-order valence-corrected chi connectivity index (χ3v) is 2.88. The van der Waals surface area contributed by atoms with Gasteiger partial charge >= 0.3 is 0 Å². The Hall–Kier alpha value is -1.78. The highest BCUT2D eigenvalue weighted by molar-refractivity contribution is 6.31. The third kappa shape index (κ3) is 3.16. The summed E-state index contributed by atoms with van der Waals surface area (Å²) >= 11 is 11.5. The SMILES string of the molecule is N=C(N)c1cc(Cl)ccc1Oc1ccc(F)c(Cl)c1. The number of amidine groups is 1. The van der Waals surface area contributed by atoms with Crippen molar-refractivity contribution in [3.05, 3.63) is 57.8 Å². The van der Waals surface area contributed by atoms with E-state index in [1.807, 2.05) is 0 Å². The Balaban J connectivity index is 2.37. The van der Waals surface area contributed by atoms with Crippen molar-refractivity contribution in [3.63, 3.8) is 0 Å². The lowest BCUT2D eigenvalue weighted by Gasteiger charge is -2.11. The summed E-state index contributed by atoms with van der Waals surface area (Å²) in [5.74, 6) is -0.0154. The van der Waals surface area contributed by atoms with Gasteiger partial charge in [-0.3, -0.25) is 5.41 Å². The number of rotatable bonds is 3. The van der Waals surface area contributed by atoms with E-state index in [4.69, 9.17) is 39.1 Å². The Labute approximate surface area is 119 Å². The number of benzene rings is 2. The molecule has 2 aromatic rings. The molecule has 0 saturated heterocycles. The maximum Gasteiger partial charge on any atom is 0.142 e. The number of hydrogen-bond acceptors (Lipinski definition) is 2. The van der Waals surface area contributed by atoms with Crippen molar-refractivity contribution < 1.29 is 9.13 Å². The Morgan fingerprint density at radius 3 is 2.53 bits per heavy atom. The first-order valence-corrected chi connectivity index (χ1v) is 6.00. The van der Waals surface area contributed by atoms with Crippen LogP contribution in [0.25, 0.3) is 0 Å². The molecule has 0 atom stereocenters. The second kappa shape index (κ2) is 5.47. The van der Waals surface area contributed by atoms with Gasteiger partial charge in [-0.25, -0.2) is 4.39 Å². The van der Waals surface area contributed by atoms with E-state index < -0.39 is 5.82 Å². The van der Waals surface area contributed by atoms with E-state index in [2.05, 4.69) is 0 Å². The van der Waals surface area contributed by atoms with Crippen LogP contribution in [0.4, 0.5) is 4.39 Å². The van der Waals surface area contributed by atoms with Crippen molar-refractivity contribution in [1.82, 2.24) is 0 Å². The van der Waals surface area contributed by atoms with E-state index in [0.717, 1.165) is 0 Å². The second-order valence-corrected chi connectivity index (χ2v) is 4.58. The topological polar surface area (TPSA) is 59.1 Å². The van der Waals surface area contributed by atoms with E-state index >= 15 is 0 Å². The van der Waals surface area contributed by atoms with Crippen molar-refractivity contribution in [1.29, 1.82) is 5.41 Å². The zero-order chi connectivity index (χ0) is 14.0. The lowest BCUT2D eigenvalue weighted by atomic mass is 10.2. The van der Waals surface area contributed by atoms with Crippen LogP contribution in [-0.2, 0) is 0 Å². The highest BCUT2D eigenvalue weighted by atomic mass is 35.5. The molecule has 0 unspecified atom stereocenters. The molecule has 0 aliphatic heterocycles. The molecule has 2 rings (SSSR count). The molecule has 98 valence electrons. The molecule has 0 amide bonds. The minimum Gasteiger partial charge on any atom is -0.457 e. The maximum atomic E-state index is 13.0. The predicted octanol–water partition coefficient (Wildman–Crippen LogP) is 4.21. The summed E-state index contributed by atoms with van der Waals surface area (Å²) in [7, 11) is 0. The molecule has 3 N–H and O–H groups in total. The number of nitrogens with two attached hydrogens (primary N) is 1. The van der Waals surface area contributed by atoms with Gasteiger partial charge in [-0.15, -0.1) is 0 Å². The van der Waals surface area contributed by atoms with Crippen LogP contribution < -0.4 is 10.5 Å². The van der Waals surface area contributed by atoms with Gasteiger partial charge in [-0.05, 0) is 30.3 Å². The van der Waals surface area contributed by atoms with Crippen LogP contribution in [-0.4, -0.2) is 5.84 Å². The number of ether oxygens (including phenoxy) is 1. The number of halogens is 3. The van der Waals surface area contributed by atoms with E-state index in [-0.39, 0.29) is 10.9 Å². The largest absolute Gasteiger partial charge is 0.457 e. The number of nitrogen functional groups attached to an aromatic ring is 1. The monoisotopic (exact) mass is 298 g/mol. The fraction of sp³-hybridized carbons (Fsp3) is 0. The summed E-state index contributed by atoms with van der Waals surface area (Å²) in [5.41, 5.74) is 5.80. The minimum absolute atomic E-state index is 0.0455. The molecule has 0 fully saturated rings. The molecule has 0 heterocycles. The van der Waals surface area contributed by atoms with E-state index in [1.165, 1.54) is 24.3 Å². The fourth-order valence-corrected chi connectivity index (χ4v) is 1.81. The second-order valence-electron chi connectivity index (χ2n) is 3.73. The molecule has 3 nitrogen and oxygen atoms in total. The van der Waals surface area contributed by atoms with Crippen LogP contribution in [0.5, 0.6) is 11.5 Å². The number of nitrogens with one attached hydrogen (secondary N) is 1. The molecule has 0 bridgehead atoms. The third-order valence-electron chi connectivity index (χ3n) is 2.35. The highest BCUT2D eigenvalue weighted by Gasteiger charge is 2.10. The molecular weight excluding hydrogens is 290 g/mol. The summed E-state index contributed by atoms with van der Waals surface area (Å²) in [4.78, 5) is 0. The molecular formula is C13H9Cl2FN2O. The Bertz CT molecular complexity index is 647. The smallest absolute Gasteiger partial charge is 0.142 e. The van der Waals surface area contributed by atoms with Crippen LogP contribution in [0.3, 0.4) is 0 Å². The van der Waals surface area contributed by atoms with E-state index in [1.54, 1.807) is 12.1 Å². The molecule has 19 heavy (non-hydrogen) atoms. The van der Waals surface area contributed by atoms with Crippen molar-refractivity contribution in [2.45, 2.75) is 0 Å². The maximum absolute atomic E-state index is 13.0. The van der Waals surface area contributed by atoms with Crippen LogP contribution in [0.2, 0.25) is 10.0 Å². The summed E-state index contributed by atoms with van der Waals surface area (Å²) < 4.78 is 18.6. The standard InChI is InChI=1S/C13H9Cl2FN2O/c14-7-1-4-12(9(5-7)13(17)18)19-8-2-3-11(16)10(15)6-8/h1-6H,(H3,17,18). The quantitative estimate of drug-likeness (QED) is 0.659. The molecule has 2 aromatic carbocycles. The zero-order valence-corrected chi connectivity index (χ0v) is 11.1. The van der Waals surface area contributed by atoms with Crippen molar-refractivity contribution >= 4 is 29.0 Å². The average Bonchev–Trinajstić information content (AvgIpc) is 2.36. The molecule has 0 aliphatic carbocycles. The van der Waals surface area contributed by atoms with Gasteiger partial charge in [0.1, 0.15) is 23.2 Å². The first-order valence-electron chi connectivity index (χ1n) is 5.24. The normalized spacial score (nSPS) is 10.3. The molecule has 0 radical (unpaired) electrons. The minimum atomic E-state index is -0.531. The lowest BCUT2D eigenvalue weighted by Crippen LogP contribution is -2.12. The molecule has 0 saturated carbocycles. The van der Waals surface area contributed by atoms with E-state index in [0.29, 0.717) is 22.1 Å². The van der Waals surface area contributed by atoms with Gasteiger partial charge in [0.25, 0.3) is 0 Å².